The van der Waals surface area contributed by atoms with Crippen molar-refractivity contribution in [2.75, 3.05) is 11.9 Å². The Kier molecular flexibility index (Phi) is 5.28. The largest absolute Gasteiger partial charge is 0.338 e. The number of aromatic amines is 1. The maximum atomic E-state index is 12.9. The first-order valence-corrected chi connectivity index (χ1v) is 11.7. The third kappa shape index (κ3) is 3.94. The number of anilines is 1. The summed E-state index contributed by atoms with van der Waals surface area (Å²) in [6, 6.07) is 29.0. The van der Waals surface area contributed by atoms with Gasteiger partial charge in [-0.25, -0.2) is 4.98 Å². The van der Waals surface area contributed by atoms with E-state index in [1.54, 1.807) is 0 Å². The second-order valence-electron chi connectivity index (χ2n) is 8.73. The second-order valence-corrected chi connectivity index (χ2v) is 8.73. The van der Waals surface area contributed by atoms with Crippen molar-refractivity contribution in [1.82, 2.24) is 14.5 Å². The van der Waals surface area contributed by atoms with Crippen LogP contribution in [-0.2, 0) is 17.8 Å². The Balaban J connectivity index is 1.34. The average molecular weight is 460 g/mol. The third-order valence-corrected chi connectivity index (χ3v) is 6.44. The van der Waals surface area contributed by atoms with Gasteiger partial charge >= 0.3 is 0 Å². The molecule has 2 aromatic heterocycles. The molecule has 6 aromatic rings. The second kappa shape index (κ2) is 8.74. The van der Waals surface area contributed by atoms with Crippen molar-refractivity contribution in [2.24, 2.45) is 5.73 Å². The van der Waals surface area contributed by atoms with Crippen LogP contribution < -0.4 is 11.1 Å². The Morgan fingerprint density at radius 3 is 2.66 bits per heavy atom. The lowest BCUT2D eigenvalue weighted by atomic mass is 9.96. The lowest BCUT2D eigenvalue weighted by Gasteiger charge is -2.09. The van der Waals surface area contributed by atoms with Crippen LogP contribution in [0.4, 0.5) is 5.95 Å². The number of hydrogen-bond donors (Lipinski definition) is 3. The molecule has 4 N–H and O–H groups in total. The number of fused-ring (bicyclic) bond motifs is 3. The normalized spacial score (nSPS) is 11.5. The molecule has 2 heterocycles. The Hall–Kier alpha value is -4.42. The number of aromatic nitrogens is 3. The first-order valence-electron chi connectivity index (χ1n) is 11.7. The quantitative estimate of drug-likeness (QED) is 0.308. The summed E-state index contributed by atoms with van der Waals surface area (Å²) in [5.74, 6) is 0.312. The Bertz CT molecular complexity index is 1660. The Morgan fingerprint density at radius 2 is 1.77 bits per heavy atom. The molecule has 35 heavy (non-hydrogen) atoms. The van der Waals surface area contributed by atoms with E-state index in [1.165, 1.54) is 16.3 Å². The highest BCUT2D eigenvalue weighted by Crippen LogP contribution is 2.32. The summed E-state index contributed by atoms with van der Waals surface area (Å²) in [5.41, 5.74) is 12.1. The fourth-order valence-corrected chi connectivity index (χ4v) is 4.84. The van der Waals surface area contributed by atoms with Crippen LogP contribution >= 0.6 is 0 Å². The summed E-state index contributed by atoms with van der Waals surface area (Å²) in [4.78, 5) is 20.5. The maximum Gasteiger partial charge on any atom is 0.246 e. The minimum atomic E-state index is -0.140. The lowest BCUT2D eigenvalue weighted by molar-refractivity contribution is -0.116. The molecule has 1 amide bonds. The van der Waals surface area contributed by atoms with E-state index in [-0.39, 0.29) is 12.5 Å². The first-order chi connectivity index (χ1) is 17.2. The predicted octanol–water partition coefficient (Wildman–Crippen LogP) is 5.48. The van der Waals surface area contributed by atoms with Crippen LogP contribution in [0.1, 0.15) is 5.56 Å². The fourth-order valence-electron chi connectivity index (χ4n) is 4.84. The van der Waals surface area contributed by atoms with Crippen LogP contribution in [0, 0.1) is 0 Å². The molecule has 0 radical (unpaired) electrons. The summed E-state index contributed by atoms with van der Waals surface area (Å²) in [5, 5.41) is 6.45. The highest BCUT2D eigenvalue weighted by atomic mass is 16.2. The number of imidazole rings is 1. The molecular formula is C29H25N5O. The zero-order valence-corrected chi connectivity index (χ0v) is 19.2. The van der Waals surface area contributed by atoms with Crippen LogP contribution in [0.2, 0.25) is 0 Å². The summed E-state index contributed by atoms with van der Waals surface area (Å²) >= 11 is 0. The van der Waals surface area contributed by atoms with Gasteiger partial charge in [-0.1, -0.05) is 60.7 Å². The highest BCUT2D eigenvalue weighted by Gasteiger charge is 2.14. The number of amides is 1. The van der Waals surface area contributed by atoms with Crippen molar-refractivity contribution in [3.05, 3.63) is 96.7 Å². The van der Waals surface area contributed by atoms with Gasteiger partial charge in [0.2, 0.25) is 11.9 Å². The molecule has 0 bridgehead atoms. The SMILES string of the molecule is NCCc1cn(CC(=O)Nc2nc3ccccc3[nH]2)c2ccc(-c3cccc4ccccc34)cc12. The van der Waals surface area contributed by atoms with Gasteiger partial charge in [0.15, 0.2) is 0 Å². The number of nitrogens with one attached hydrogen (secondary N) is 2. The smallest absolute Gasteiger partial charge is 0.246 e. The molecule has 0 unspecified atom stereocenters. The first kappa shape index (κ1) is 21.1. The monoisotopic (exact) mass is 459 g/mol. The Labute approximate surface area is 202 Å². The third-order valence-electron chi connectivity index (χ3n) is 6.44. The van der Waals surface area contributed by atoms with Gasteiger partial charge in [0.25, 0.3) is 0 Å². The molecule has 6 rings (SSSR count). The highest BCUT2D eigenvalue weighted by molar-refractivity contribution is 5.99. The number of hydrogen-bond acceptors (Lipinski definition) is 3. The molecule has 0 aliphatic rings. The van der Waals surface area contributed by atoms with E-state index in [2.05, 4.69) is 75.9 Å². The zero-order valence-electron chi connectivity index (χ0n) is 19.2. The number of rotatable bonds is 6. The molecule has 6 nitrogen and oxygen atoms in total. The van der Waals surface area contributed by atoms with Crippen LogP contribution in [-0.4, -0.2) is 27.0 Å². The molecule has 0 spiro atoms. The molecule has 172 valence electrons. The summed E-state index contributed by atoms with van der Waals surface area (Å²) in [6.45, 7) is 0.731. The molecule has 4 aromatic carbocycles. The number of benzene rings is 4. The van der Waals surface area contributed by atoms with E-state index < -0.39 is 0 Å². The van der Waals surface area contributed by atoms with Gasteiger partial charge in [-0.15, -0.1) is 0 Å². The van der Waals surface area contributed by atoms with Crippen molar-refractivity contribution in [3.8, 4) is 11.1 Å². The molecule has 0 saturated carbocycles. The number of para-hydroxylation sites is 2. The standard InChI is InChI=1S/C29H25N5O/c30-15-14-21-17-34(18-28(35)33-29-31-25-10-3-4-11-26(25)32-29)27-13-12-20(16-24(21)27)23-9-5-7-19-6-1-2-8-22(19)23/h1-13,16-17H,14-15,18,30H2,(H2,31,32,33,35). The minimum Gasteiger partial charge on any atom is -0.338 e. The van der Waals surface area contributed by atoms with Gasteiger partial charge in [-0.3, -0.25) is 10.1 Å². The van der Waals surface area contributed by atoms with Crippen molar-refractivity contribution in [2.45, 2.75) is 13.0 Å². The van der Waals surface area contributed by atoms with Gasteiger partial charge in [0, 0.05) is 17.1 Å². The number of H-pyrrole nitrogens is 1. The van der Waals surface area contributed by atoms with E-state index in [4.69, 9.17) is 5.73 Å². The van der Waals surface area contributed by atoms with Gasteiger partial charge in [0.1, 0.15) is 6.54 Å². The van der Waals surface area contributed by atoms with Gasteiger partial charge in [-0.2, -0.15) is 0 Å². The van der Waals surface area contributed by atoms with Crippen molar-refractivity contribution in [3.63, 3.8) is 0 Å². The van der Waals surface area contributed by atoms with E-state index in [1.807, 2.05) is 35.0 Å². The molecule has 6 heteroatoms. The van der Waals surface area contributed by atoms with Crippen LogP contribution in [0.25, 0.3) is 43.8 Å². The lowest BCUT2D eigenvalue weighted by Crippen LogP contribution is -2.19. The summed E-state index contributed by atoms with van der Waals surface area (Å²) in [6.07, 6.45) is 2.79. The van der Waals surface area contributed by atoms with Gasteiger partial charge in [0.05, 0.1) is 11.0 Å². The van der Waals surface area contributed by atoms with Crippen molar-refractivity contribution in [1.29, 1.82) is 0 Å². The van der Waals surface area contributed by atoms with Crippen LogP contribution in [0.15, 0.2) is 91.1 Å². The van der Waals surface area contributed by atoms with Gasteiger partial charge in [-0.05, 0) is 64.7 Å². The maximum absolute atomic E-state index is 12.9. The van der Waals surface area contributed by atoms with Crippen molar-refractivity contribution >= 4 is 44.6 Å². The molecule has 0 aliphatic heterocycles. The van der Waals surface area contributed by atoms with E-state index >= 15 is 0 Å². The topological polar surface area (TPSA) is 88.7 Å². The number of nitrogens with two attached hydrogens (primary N) is 1. The van der Waals surface area contributed by atoms with E-state index in [9.17, 15) is 4.79 Å². The van der Waals surface area contributed by atoms with Crippen molar-refractivity contribution < 1.29 is 4.79 Å². The summed E-state index contributed by atoms with van der Waals surface area (Å²) < 4.78 is 1.99. The molecule has 0 aliphatic carbocycles. The molecule has 0 fully saturated rings. The van der Waals surface area contributed by atoms with Gasteiger partial charge < -0.3 is 15.3 Å². The van der Waals surface area contributed by atoms with E-state index in [0.29, 0.717) is 12.5 Å². The van der Waals surface area contributed by atoms with Crippen LogP contribution in [0.5, 0.6) is 0 Å². The summed E-state index contributed by atoms with van der Waals surface area (Å²) in [7, 11) is 0. The van der Waals surface area contributed by atoms with E-state index in [0.717, 1.165) is 39.5 Å². The number of nitrogens with zero attached hydrogens (tertiary/aromatic N) is 2. The minimum absolute atomic E-state index is 0.140. The van der Waals surface area contributed by atoms with Crippen LogP contribution in [0.3, 0.4) is 0 Å². The predicted molar refractivity (Wildman–Crippen MR) is 142 cm³/mol. The molecular weight excluding hydrogens is 434 g/mol. The molecule has 0 saturated heterocycles. The zero-order chi connectivity index (χ0) is 23.8. The number of carbonyl (C=O) groups is 1. The number of carbonyl (C=O) groups excluding carboxylic acids is 1. The average Bonchev–Trinajstić information content (AvgIpc) is 3.44. The molecule has 0 atom stereocenters. The Morgan fingerprint density at radius 1 is 0.943 bits per heavy atom. The fraction of sp³-hybridized carbons (Fsp3) is 0.103.